The summed E-state index contributed by atoms with van der Waals surface area (Å²) in [4.78, 5) is 0. The van der Waals surface area contributed by atoms with Gasteiger partial charge in [0.15, 0.2) is 0 Å². The molecule has 2 unspecified atom stereocenters. The minimum Gasteiger partial charge on any atom is -0.392 e. The van der Waals surface area contributed by atoms with E-state index in [2.05, 4.69) is 51.1 Å². The highest BCUT2D eigenvalue weighted by Gasteiger charge is 2.65. The summed E-state index contributed by atoms with van der Waals surface area (Å²) in [6.07, 6.45) is 3.38. The number of aliphatic hydroxyl groups is 1. The summed E-state index contributed by atoms with van der Waals surface area (Å²) in [5, 5.41) is 10.7. The summed E-state index contributed by atoms with van der Waals surface area (Å²) < 4.78 is 0. The van der Waals surface area contributed by atoms with Crippen molar-refractivity contribution >= 4 is 0 Å². The van der Waals surface area contributed by atoms with E-state index < -0.39 is 0 Å². The summed E-state index contributed by atoms with van der Waals surface area (Å²) >= 11 is 0. The minimum absolute atomic E-state index is 0.122. The molecule has 2 saturated carbocycles. The predicted octanol–water partition coefficient (Wildman–Crippen LogP) is 3.66. The van der Waals surface area contributed by atoms with Crippen molar-refractivity contribution in [3.63, 3.8) is 0 Å². The van der Waals surface area contributed by atoms with Gasteiger partial charge in [-0.15, -0.1) is 0 Å². The van der Waals surface area contributed by atoms with Crippen LogP contribution in [0.15, 0.2) is 30.3 Å². The molecular formula is C17H24O. The summed E-state index contributed by atoms with van der Waals surface area (Å²) in [7, 11) is 0. The third kappa shape index (κ3) is 1.43. The molecule has 1 aromatic carbocycles. The molecule has 2 fully saturated rings. The van der Waals surface area contributed by atoms with E-state index >= 15 is 0 Å². The number of aliphatic hydroxyl groups excluding tert-OH is 1. The van der Waals surface area contributed by atoms with E-state index in [1.165, 1.54) is 18.4 Å². The Balaban J connectivity index is 1.88. The van der Waals surface area contributed by atoms with Gasteiger partial charge in [-0.2, -0.15) is 0 Å². The van der Waals surface area contributed by atoms with Crippen molar-refractivity contribution in [3.05, 3.63) is 35.9 Å². The number of fused-ring (bicyclic) bond motifs is 2. The monoisotopic (exact) mass is 244 g/mol. The molecule has 18 heavy (non-hydrogen) atoms. The van der Waals surface area contributed by atoms with Gasteiger partial charge in [-0.05, 0) is 47.5 Å². The zero-order valence-electron chi connectivity index (χ0n) is 11.7. The SMILES string of the molecule is CC1(C)C2CCC1(C)[C@@H](O)[C@H]2Cc1ccccc1. The molecule has 0 saturated heterocycles. The highest BCUT2D eigenvalue weighted by molar-refractivity contribution is 5.20. The number of hydrogen-bond acceptors (Lipinski definition) is 1. The van der Waals surface area contributed by atoms with Crippen molar-refractivity contribution in [1.82, 2.24) is 0 Å². The molecule has 2 aliphatic rings. The topological polar surface area (TPSA) is 20.2 Å². The Bertz CT molecular complexity index is 436. The first-order valence-electron chi connectivity index (χ1n) is 7.19. The lowest BCUT2D eigenvalue weighted by Crippen LogP contribution is -2.38. The van der Waals surface area contributed by atoms with Gasteiger partial charge in [0.1, 0.15) is 0 Å². The molecule has 3 rings (SSSR count). The van der Waals surface area contributed by atoms with E-state index in [1.54, 1.807) is 0 Å². The molecule has 0 aromatic heterocycles. The molecule has 1 nitrogen and oxygen atoms in total. The smallest absolute Gasteiger partial charge is 0.0633 e. The second-order valence-corrected chi connectivity index (χ2v) is 7.08. The summed E-state index contributed by atoms with van der Waals surface area (Å²) in [5.74, 6) is 1.12. The van der Waals surface area contributed by atoms with Crippen LogP contribution in [0.25, 0.3) is 0 Å². The van der Waals surface area contributed by atoms with Gasteiger partial charge in [0.2, 0.25) is 0 Å². The van der Waals surface area contributed by atoms with Gasteiger partial charge in [-0.1, -0.05) is 51.1 Å². The van der Waals surface area contributed by atoms with Crippen molar-refractivity contribution in [2.45, 2.75) is 46.1 Å². The van der Waals surface area contributed by atoms with Gasteiger partial charge in [-0.3, -0.25) is 0 Å². The molecule has 0 heterocycles. The molecule has 0 spiro atoms. The zero-order chi connectivity index (χ0) is 13.0. The van der Waals surface area contributed by atoms with Crippen molar-refractivity contribution < 1.29 is 5.11 Å². The van der Waals surface area contributed by atoms with Crippen molar-refractivity contribution in [2.24, 2.45) is 22.7 Å². The number of benzene rings is 1. The summed E-state index contributed by atoms with van der Waals surface area (Å²) in [5.41, 5.74) is 1.77. The molecule has 1 N–H and O–H groups in total. The third-order valence-electron chi connectivity index (χ3n) is 6.26. The van der Waals surface area contributed by atoms with E-state index in [1.807, 2.05) is 0 Å². The van der Waals surface area contributed by atoms with Crippen molar-refractivity contribution in [3.8, 4) is 0 Å². The number of rotatable bonds is 2. The largest absolute Gasteiger partial charge is 0.392 e. The molecule has 0 amide bonds. The van der Waals surface area contributed by atoms with Gasteiger partial charge in [-0.25, -0.2) is 0 Å². The van der Waals surface area contributed by atoms with Crippen molar-refractivity contribution in [1.29, 1.82) is 0 Å². The third-order valence-corrected chi connectivity index (χ3v) is 6.26. The molecule has 2 aliphatic carbocycles. The minimum atomic E-state index is -0.133. The first-order valence-corrected chi connectivity index (χ1v) is 7.19. The Kier molecular flexibility index (Phi) is 2.60. The Hall–Kier alpha value is -0.820. The van der Waals surface area contributed by atoms with Gasteiger partial charge < -0.3 is 5.11 Å². The van der Waals surface area contributed by atoms with Crippen LogP contribution in [0.3, 0.4) is 0 Å². The normalized spacial score (nSPS) is 41.2. The Morgan fingerprint density at radius 1 is 1.17 bits per heavy atom. The van der Waals surface area contributed by atoms with Gasteiger partial charge in [0.25, 0.3) is 0 Å². The van der Waals surface area contributed by atoms with Crippen LogP contribution in [0.1, 0.15) is 39.2 Å². The molecule has 2 bridgehead atoms. The van der Waals surface area contributed by atoms with E-state index in [0.717, 1.165) is 6.42 Å². The van der Waals surface area contributed by atoms with Gasteiger partial charge >= 0.3 is 0 Å². The molecular weight excluding hydrogens is 220 g/mol. The first-order chi connectivity index (χ1) is 8.47. The quantitative estimate of drug-likeness (QED) is 0.841. The second-order valence-electron chi connectivity index (χ2n) is 7.08. The standard InChI is InChI=1S/C17H24O/c1-16(2)14-9-10-17(16,3)15(18)13(14)11-12-7-5-4-6-8-12/h4-8,13-15,18H,9-11H2,1-3H3/t13-,14?,15-,17?/m0/s1. The first kappa shape index (κ1) is 12.2. The maximum atomic E-state index is 10.7. The summed E-state index contributed by atoms with van der Waals surface area (Å²) in [6.45, 7) is 7.01. The van der Waals surface area contributed by atoms with Crippen LogP contribution in [-0.2, 0) is 6.42 Å². The van der Waals surface area contributed by atoms with Crippen LogP contribution < -0.4 is 0 Å². The fourth-order valence-electron chi connectivity index (χ4n) is 4.67. The average Bonchev–Trinajstić information content (AvgIpc) is 2.65. The van der Waals surface area contributed by atoms with Crippen LogP contribution in [0.5, 0.6) is 0 Å². The summed E-state index contributed by atoms with van der Waals surface area (Å²) in [6, 6.07) is 10.6. The maximum Gasteiger partial charge on any atom is 0.0633 e. The van der Waals surface area contributed by atoms with E-state index in [9.17, 15) is 5.11 Å². The molecule has 1 heteroatoms. The highest BCUT2D eigenvalue weighted by atomic mass is 16.3. The van der Waals surface area contributed by atoms with Crippen LogP contribution in [0.4, 0.5) is 0 Å². The van der Waals surface area contributed by atoms with E-state index in [0.29, 0.717) is 11.8 Å². The average molecular weight is 244 g/mol. The van der Waals surface area contributed by atoms with Crippen LogP contribution in [-0.4, -0.2) is 11.2 Å². The lowest BCUT2D eigenvalue weighted by molar-refractivity contribution is -0.0102. The zero-order valence-corrected chi connectivity index (χ0v) is 11.7. The fraction of sp³-hybridized carbons (Fsp3) is 0.647. The second kappa shape index (κ2) is 3.84. The molecule has 98 valence electrons. The van der Waals surface area contributed by atoms with Crippen LogP contribution >= 0.6 is 0 Å². The van der Waals surface area contributed by atoms with Crippen molar-refractivity contribution in [2.75, 3.05) is 0 Å². The van der Waals surface area contributed by atoms with E-state index in [-0.39, 0.29) is 16.9 Å². The maximum absolute atomic E-state index is 10.7. The fourth-order valence-corrected chi connectivity index (χ4v) is 4.67. The van der Waals surface area contributed by atoms with E-state index in [4.69, 9.17) is 0 Å². The highest BCUT2D eigenvalue weighted by Crippen LogP contribution is 2.68. The molecule has 0 aliphatic heterocycles. The van der Waals surface area contributed by atoms with Crippen LogP contribution in [0.2, 0.25) is 0 Å². The number of hydrogen-bond donors (Lipinski definition) is 1. The Morgan fingerprint density at radius 3 is 2.39 bits per heavy atom. The predicted molar refractivity (Wildman–Crippen MR) is 74.3 cm³/mol. The van der Waals surface area contributed by atoms with Gasteiger partial charge in [0.05, 0.1) is 6.10 Å². The Morgan fingerprint density at radius 2 is 1.83 bits per heavy atom. The van der Waals surface area contributed by atoms with Gasteiger partial charge in [0, 0.05) is 0 Å². The molecule has 4 atom stereocenters. The molecule has 0 radical (unpaired) electrons. The molecule has 1 aromatic rings. The Labute approximate surface area is 110 Å². The van der Waals surface area contributed by atoms with Crippen LogP contribution in [0, 0.1) is 22.7 Å². The lowest BCUT2D eigenvalue weighted by Gasteiger charge is -2.37. The lowest BCUT2D eigenvalue weighted by atomic mass is 9.70.